The summed E-state index contributed by atoms with van der Waals surface area (Å²) in [6.45, 7) is 0.616. The number of halogens is 1. The minimum absolute atomic E-state index is 0.0267. The first-order chi connectivity index (χ1) is 9.15. The molecule has 0 atom stereocenters. The van der Waals surface area contributed by atoms with Crippen LogP contribution in [0.1, 0.15) is 12.3 Å². The Kier molecular flexibility index (Phi) is 4.19. The van der Waals surface area contributed by atoms with Crippen molar-refractivity contribution in [1.82, 2.24) is 15.5 Å². The molecule has 0 radical (unpaired) electrons. The molecule has 6 nitrogen and oxygen atoms in total. The summed E-state index contributed by atoms with van der Waals surface area (Å²) in [5.74, 6) is -0.479. The van der Waals surface area contributed by atoms with Crippen molar-refractivity contribution in [3.8, 4) is 11.4 Å². The molecule has 0 unspecified atom stereocenters. The summed E-state index contributed by atoms with van der Waals surface area (Å²) in [4.78, 5) is 14.4. The molecule has 1 aromatic carbocycles. The molecule has 0 saturated heterocycles. The van der Waals surface area contributed by atoms with Crippen LogP contribution >= 0.6 is 0 Å². The van der Waals surface area contributed by atoms with Crippen LogP contribution in [0.15, 0.2) is 28.8 Å². The second-order valence-electron chi connectivity index (χ2n) is 3.84. The standard InChI is InChI=1S/C12H12FN3O3/c13-9-3-1-8(2-4-9)12-15-10(19-16-12)7-14-6-5-11(17)18/h1-4,14H,5-7H2,(H,17,18). The van der Waals surface area contributed by atoms with Gasteiger partial charge in [-0.1, -0.05) is 5.16 Å². The van der Waals surface area contributed by atoms with Crippen LogP contribution in [0.5, 0.6) is 0 Å². The van der Waals surface area contributed by atoms with E-state index < -0.39 is 5.97 Å². The van der Waals surface area contributed by atoms with Gasteiger partial charge in [0.15, 0.2) is 0 Å². The first kappa shape index (κ1) is 13.2. The van der Waals surface area contributed by atoms with Gasteiger partial charge in [-0.25, -0.2) is 4.39 Å². The number of carboxylic acid groups (broad SMARTS) is 1. The number of carboxylic acids is 1. The normalized spacial score (nSPS) is 10.6. The van der Waals surface area contributed by atoms with Crippen LogP contribution in [0.3, 0.4) is 0 Å². The lowest BCUT2D eigenvalue weighted by atomic mass is 10.2. The van der Waals surface area contributed by atoms with E-state index >= 15 is 0 Å². The fourth-order valence-corrected chi connectivity index (χ4v) is 1.43. The van der Waals surface area contributed by atoms with E-state index in [0.717, 1.165) is 0 Å². The molecule has 0 aliphatic rings. The Morgan fingerprint density at radius 2 is 2.11 bits per heavy atom. The minimum Gasteiger partial charge on any atom is -0.481 e. The number of rotatable bonds is 6. The maximum absolute atomic E-state index is 12.8. The molecule has 7 heteroatoms. The zero-order chi connectivity index (χ0) is 13.7. The summed E-state index contributed by atoms with van der Waals surface area (Å²) < 4.78 is 17.7. The first-order valence-corrected chi connectivity index (χ1v) is 5.66. The molecule has 2 aromatic rings. The third-order valence-corrected chi connectivity index (χ3v) is 2.36. The van der Waals surface area contributed by atoms with E-state index in [2.05, 4.69) is 15.5 Å². The first-order valence-electron chi connectivity index (χ1n) is 5.66. The molecule has 0 aliphatic carbocycles. The monoisotopic (exact) mass is 265 g/mol. The fourth-order valence-electron chi connectivity index (χ4n) is 1.43. The molecule has 0 bridgehead atoms. The van der Waals surface area contributed by atoms with Crippen molar-refractivity contribution >= 4 is 5.97 Å². The van der Waals surface area contributed by atoms with Crippen LogP contribution in [-0.4, -0.2) is 27.8 Å². The quantitative estimate of drug-likeness (QED) is 0.768. The predicted molar refractivity (Wildman–Crippen MR) is 63.7 cm³/mol. The van der Waals surface area contributed by atoms with Gasteiger partial charge in [-0.15, -0.1) is 0 Å². The molecule has 1 aromatic heterocycles. The van der Waals surface area contributed by atoms with Gasteiger partial charge < -0.3 is 14.9 Å². The van der Waals surface area contributed by atoms with E-state index in [9.17, 15) is 9.18 Å². The molecule has 0 amide bonds. The number of hydrogen-bond donors (Lipinski definition) is 2. The summed E-state index contributed by atoms with van der Waals surface area (Å²) in [7, 11) is 0. The van der Waals surface area contributed by atoms with Crippen molar-refractivity contribution in [1.29, 1.82) is 0 Å². The van der Waals surface area contributed by atoms with Gasteiger partial charge in [-0.05, 0) is 24.3 Å². The van der Waals surface area contributed by atoms with Gasteiger partial charge in [0.1, 0.15) is 5.82 Å². The van der Waals surface area contributed by atoms with Gasteiger partial charge >= 0.3 is 5.97 Å². The highest BCUT2D eigenvalue weighted by Gasteiger charge is 2.08. The Balaban J connectivity index is 1.91. The number of carbonyl (C=O) groups is 1. The van der Waals surface area contributed by atoms with Gasteiger partial charge in [0.2, 0.25) is 11.7 Å². The fraction of sp³-hybridized carbons (Fsp3) is 0.250. The lowest BCUT2D eigenvalue weighted by Gasteiger charge is -1.97. The molecule has 0 fully saturated rings. The summed E-state index contributed by atoms with van der Waals surface area (Å²) in [5, 5.41) is 15.1. The number of hydrogen-bond acceptors (Lipinski definition) is 5. The van der Waals surface area contributed by atoms with Crippen molar-refractivity contribution in [2.24, 2.45) is 0 Å². The Morgan fingerprint density at radius 1 is 1.37 bits per heavy atom. The summed E-state index contributed by atoms with van der Waals surface area (Å²) in [5.41, 5.74) is 0.655. The average Bonchev–Trinajstić information content (AvgIpc) is 2.84. The second kappa shape index (κ2) is 6.05. The summed E-state index contributed by atoms with van der Waals surface area (Å²) in [6.07, 6.45) is 0.0267. The van der Waals surface area contributed by atoms with E-state index in [0.29, 0.717) is 30.4 Å². The highest BCUT2D eigenvalue weighted by Crippen LogP contribution is 2.15. The number of nitrogens with zero attached hydrogens (tertiary/aromatic N) is 2. The van der Waals surface area contributed by atoms with E-state index in [1.165, 1.54) is 12.1 Å². The number of aliphatic carboxylic acids is 1. The number of aromatic nitrogens is 2. The highest BCUT2D eigenvalue weighted by atomic mass is 19.1. The Hall–Kier alpha value is -2.28. The topological polar surface area (TPSA) is 88.2 Å². The van der Waals surface area contributed by atoms with Crippen LogP contribution in [0.4, 0.5) is 4.39 Å². The Morgan fingerprint density at radius 3 is 2.79 bits per heavy atom. The van der Waals surface area contributed by atoms with Crippen LogP contribution < -0.4 is 5.32 Å². The minimum atomic E-state index is -0.870. The van der Waals surface area contributed by atoms with Crippen molar-refractivity contribution in [3.05, 3.63) is 36.0 Å². The van der Waals surface area contributed by atoms with Gasteiger partial charge in [0.05, 0.1) is 13.0 Å². The number of benzene rings is 1. The van der Waals surface area contributed by atoms with Crippen molar-refractivity contribution in [3.63, 3.8) is 0 Å². The molecule has 2 N–H and O–H groups in total. The third kappa shape index (κ3) is 3.85. The molecule has 0 aliphatic heterocycles. The summed E-state index contributed by atoms with van der Waals surface area (Å²) in [6, 6.07) is 5.75. The van der Waals surface area contributed by atoms with E-state index in [1.807, 2.05) is 0 Å². The van der Waals surface area contributed by atoms with Crippen molar-refractivity contribution in [2.45, 2.75) is 13.0 Å². The van der Waals surface area contributed by atoms with E-state index in [1.54, 1.807) is 12.1 Å². The second-order valence-corrected chi connectivity index (χ2v) is 3.84. The van der Waals surface area contributed by atoms with Crippen LogP contribution in [0, 0.1) is 5.82 Å². The molecular formula is C12H12FN3O3. The van der Waals surface area contributed by atoms with Crippen molar-refractivity contribution < 1.29 is 18.8 Å². The Bertz CT molecular complexity index is 554. The van der Waals surface area contributed by atoms with Crippen LogP contribution in [-0.2, 0) is 11.3 Å². The molecule has 2 rings (SSSR count). The molecular weight excluding hydrogens is 253 g/mol. The smallest absolute Gasteiger partial charge is 0.304 e. The lowest BCUT2D eigenvalue weighted by molar-refractivity contribution is -0.136. The Labute approximate surface area is 108 Å². The van der Waals surface area contributed by atoms with Crippen molar-refractivity contribution in [2.75, 3.05) is 6.54 Å². The molecule has 19 heavy (non-hydrogen) atoms. The molecule has 100 valence electrons. The zero-order valence-corrected chi connectivity index (χ0v) is 9.97. The predicted octanol–water partition coefficient (Wildman–Crippen LogP) is 1.44. The van der Waals surface area contributed by atoms with Gasteiger partial charge in [-0.2, -0.15) is 4.98 Å². The zero-order valence-electron chi connectivity index (χ0n) is 9.97. The average molecular weight is 265 g/mol. The van der Waals surface area contributed by atoms with E-state index in [4.69, 9.17) is 9.63 Å². The SMILES string of the molecule is O=C(O)CCNCc1nc(-c2ccc(F)cc2)no1. The van der Waals surface area contributed by atoms with Gasteiger partial charge in [0.25, 0.3) is 0 Å². The third-order valence-electron chi connectivity index (χ3n) is 2.36. The van der Waals surface area contributed by atoms with Gasteiger partial charge in [-0.3, -0.25) is 4.79 Å². The maximum Gasteiger partial charge on any atom is 0.304 e. The largest absolute Gasteiger partial charge is 0.481 e. The maximum atomic E-state index is 12.8. The lowest BCUT2D eigenvalue weighted by Crippen LogP contribution is -2.17. The molecule has 0 spiro atoms. The molecule has 1 heterocycles. The van der Waals surface area contributed by atoms with Gasteiger partial charge in [0, 0.05) is 12.1 Å². The summed E-state index contributed by atoms with van der Waals surface area (Å²) >= 11 is 0. The number of nitrogens with one attached hydrogen (secondary N) is 1. The van der Waals surface area contributed by atoms with E-state index in [-0.39, 0.29) is 12.2 Å². The van der Waals surface area contributed by atoms with Crippen LogP contribution in [0.25, 0.3) is 11.4 Å². The highest BCUT2D eigenvalue weighted by molar-refractivity contribution is 5.66. The molecule has 0 saturated carbocycles. The van der Waals surface area contributed by atoms with Crippen LogP contribution in [0.2, 0.25) is 0 Å².